The molecular formula is C36H72NO8P. The molecule has 0 amide bonds. The zero-order chi connectivity index (χ0) is 34.4. The van der Waals surface area contributed by atoms with Gasteiger partial charge in [0.05, 0.1) is 27.7 Å². The first-order valence-corrected chi connectivity index (χ1v) is 20.2. The molecule has 0 N–H and O–H groups in total. The van der Waals surface area contributed by atoms with Crippen molar-refractivity contribution in [2.45, 2.75) is 174 Å². The van der Waals surface area contributed by atoms with Crippen LogP contribution in [0.5, 0.6) is 0 Å². The Labute approximate surface area is 283 Å². The fourth-order valence-electron chi connectivity index (χ4n) is 5.12. The number of nitrogens with zero attached hydrogens (tertiary/aromatic N) is 1. The minimum atomic E-state index is -4.60. The SMILES string of the molecule is CCCCCCCCCCCCCCCCCCCCC(=O)O[C@H](COC(=O)CCCCCC)COP(=O)([O-])OCC[N+](C)(C)C. The first-order chi connectivity index (χ1) is 22.0. The zero-order valence-corrected chi connectivity index (χ0v) is 31.4. The van der Waals surface area contributed by atoms with Crippen LogP contribution >= 0.6 is 7.82 Å². The highest BCUT2D eigenvalue weighted by Gasteiger charge is 2.21. The summed E-state index contributed by atoms with van der Waals surface area (Å²) in [5.74, 6) is -0.846. The van der Waals surface area contributed by atoms with Gasteiger partial charge in [0.15, 0.2) is 6.10 Å². The lowest BCUT2D eigenvalue weighted by atomic mass is 10.0. The number of likely N-dealkylation sites (N-methyl/N-ethyl adjacent to an activating group) is 1. The zero-order valence-electron chi connectivity index (χ0n) is 30.5. The Balaban J connectivity index is 4.17. The molecule has 0 heterocycles. The summed E-state index contributed by atoms with van der Waals surface area (Å²) < 4.78 is 33.5. The third kappa shape index (κ3) is 32.9. The molecule has 0 aromatic rings. The maximum atomic E-state index is 12.5. The largest absolute Gasteiger partial charge is 0.756 e. The maximum Gasteiger partial charge on any atom is 0.306 e. The van der Waals surface area contributed by atoms with Crippen molar-refractivity contribution in [3.05, 3.63) is 0 Å². The highest BCUT2D eigenvalue weighted by Crippen LogP contribution is 2.38. The third-order valence-corrected chi connectivity index (χ3v) is 9.09. The number of esters is 2. The van der Waals surface area contributed by atoms with Gasteiger partial charge < -0.3 is 27.9 Å². The summed E-state index contributed by atoms with van der Waals surface area (Å²) in [6, 6.07) is 0. The van der Waals surface area contributed by atoms with Gasteiger partial charge in [0.25, 0.3) is 7.82 Å². The van der Waals surface area contributed by atoms with E-state index in [0.717, 1.165) is 38.5 Å². The molecule has 0 saturated heterocycles. The van der Waals surface area contributed by atoms with Gasteiger partial charge in [-0.1, -0.05) is 142 Å². The van der Waals surface area contributed by atoms with Gasteiger partial charge in [-0.25, -0.2) is 0 Å². The standard InChI is InChI=1S/C36H72NO8P/c1-6-8-10-12-13-14-15-16-17-18-19-20-21-22-23-24-25-27-29-36(39)45-34(32-42-35(38)28-26-11-9-7-2)33-44-46(40,41)43-31-30-37(3,4)5/h34H,6-33H2,1-5H3/t34-/m1/s1. The first kappa shape index (κ1) is 45.0. The van der Waals surface area contributed by atoms with Crippen LogP contribution in [0.15, 0.2) is 0 Å². The Bertz CT molecular complexity index is 774. The minimum Gasteiger partial charge on any atom is -0.756 e. The van der Waals surface area contributed by atoms with E-state index in [1.807, 2.05) is 21.1 Å². The fraction of sp³-hybridized carbons (Fsp3) is 0.944. The number of phosphoric ester groups is 1. The molecule has 2 atom stereocenters. The second-order valence-electron chi connectivity index (χ2n) is 14.0. The summed E-state index contributed by atoms with van der Waals surface area (Å²) in [4.78, 5) is 36.9. The van der Waals surface area contributed by atoms with E-state index in [4.69, 9.17) is 18.5 Å². The molecule has 0 rings (SSSR count). The molecule has 0 fully saturated rings. The summed E-state index contributed by atoms with van der Waals surface area (Å²) in [5.41, 5.74) is 0. The van der Waals surface area contributed by atoms with Crippen LogP contribution in [0.3, 0.4) is 0 Å². The average molecular weight is 678 g/mol. The lowest BCUT2D eigenvalue weighted by Crippen LogP contribution is -2.37. The Morgan fingerprint density at radius 2 is 0.978 bits per heavy atom. The van der Waals surface area contributed by atoms with Crippen LogP contribution in [0.4, 0.5) is 0 Å². The smallest absolute Gasteiger partial charge is 0.306 e. The van der Waals surface area contributed by atoms with Crippen LogP contribution in [0.2, 0.25) is 0 Å². The second-order valence-corrected chi connectivity index (χ2v) is 15.4. The van der Waals surface area contributed by atoms with Gasteiger partial charge in [-0.3, -0.25) is 14.2 Å². The minimum absolute atomic E-state index is 0.0269. The molecule has 10 heteroatoms. The first-order valence-electron chi connectivity index (χ1n) is 18.7. The van der Waals surface area contributed by atoms with Crippen LogP contribution in [-0.2, 0) is 32.7 Å². The van der Waals surface area contributed by atoms with E-state index < -0.39 is 32.5 Å². The summed E-state index contributed by atoms with van der Waals surface area (Å²) in [7, 11) is 1.17. The van der Waals surface area contributed by atoms with Crippen LogP contribution in [0.25, 0.3) is 0 Å². The number of ether oxygens (including phenoxy) is 2. The molecule has 0 radical (unpaired) electrons. The van der Waals surface area contributed by atoms with E-state index in [0.29, 0.717) is 17.4 Å². The van der Waals surface area contributed by atoms with Gasteiger partial charge in [-0.15, -0.1) is 0 Å². The predicted octanol–water partition coefficient (Wildman–Crippen LogP) is 9.05. The molecule has 0 aliphatic heterocycles. The molecular weight excluding hydrogens is 605 g/mol. The molecule has 0 aromatic carbocycles. The number of hydrogen-bond acceptors (Lipinski definition) is 8. The molecule has 0 aliphatic rings. The van der Waals surface area contributed by atoms with Crippen molar-refractivity contribution in [2.24, 2.45) is 0 Å². The van der Waals surface area contributed by atoms with Crippen LogP contribution in [0, 0.1) is 0 Å². The molecule has 46 heavy (non-hydrogen) atoms. The molecule has 0 bridgehead atoms. The van der Waals surface area contributed by atoms with Crippen molar-refractivity contribution in [3.8, 4) is 0 Å². The van der Waals surface area contributed by atoms with Crippen molar-refractivity contribution in [3.63, 3.8) is 0 Å². The molecule has 9 nitrogen and oxygen atoms in total. The molecule has 0 aliphatic carbocycles. The molecule has 274 valence electrons. The normalized spacial score (nSPS) is 13.8. The van der Waals surface area contributed by atoms with Gasteiger partial charge in [0.2, 0.25) is 0 Å². The van der Waals surface area contributed by atoms with Crippen molar-refractivity contribution in [1.82, 2.24) is 0 Å². The molecule has 0 aromatic heterocycles. The topological polar surface area (TPSA) is 111 Å². The quantitative estimate of drug-likeness (QED) is 0.0287. The predicted molar refractivity (Wildman–Crippen MR) is 185 cm³/mol. The van der Waals surface area contributed by atoms with Gasteiger partial charge in [0.1, 0.15) is 19.8 Å². The van der Waals surface area contributed by atoms with Gasteiger partial charge in [-0.2, -0.15) is 0 Å². The van der Waals surface area contributed by atoms with Crippen molar-refractivity contribution in [2.75, 3.05) is 47.5 Å². The van der Waals surface area contributed by atoms with Crippen LogP contribution in [0.1, 0.15) is 168 Å². The summed E-state index contributed by atoms with van der Waals surface area (Å²) >= 11 is 0. The highest BCUT2D eigenvalue weighted by atomic mass is 31.2. The molecule has 0 saturated carbocycles. The number of carbonyl (C=O) groups is 2. The van der Waals surface area contributed by atoms with E-state index in [2.05, 4.69) is 13.8 Å². The molecule has 0 spiro atoms. The number of hydrogen-bond donors (Lipinski definition) is 0. The third-order valence-electron chi connectivity index (χ3n) is 8.13. The van der Waals surface area contributed by atoms with Gasteiger partial charge >= 0.3 is 11.9 Å². The Morgan fingerprint density at radius 3 is 1.41 bits per heavy atom. The monoisotopic (exact) mass is 677 g/mol. The lowest BCUT2D eigenvalue weighted by Gasteiger charge is -2.28. The number of rotatable bonds is 34. The van der Waals surface area contributed by atoms with E-state index >= 15 is 0 Å². The van der Waals surface area contributed by atoms with E-state index in [9.17, 15) is 19.0 Å². The van der Waals surface area contributed by atoms with Crippen molar-refractivity contribution in [1.29, 1.82) is 0 Å². The second kappa shape index (κ2) is 30.1. The van der Waals surface area contributed by atoms with E-state index in [1.165, 1.54) is 96.3 Å². The van der Waals surface area contributed by atoms with E-state index in [-0.39, 0.29) is 26.1 Å². The number of unbranched alkanes of at least 4 members (excludes halogenated alkanes) is 20. The number of quaternary nitrogens is 1. The number of phosphoric acid groups is 1. The summed E-state index contributed by atoms with van der Waals surface area (Å²) in [6.45, 7) is 4.10. The lowest BCUT2D eigenvalue weighted by molar-refractivity contribution is -0.870. The average Bonchev–Trinajstić information content (AvgIpc) is 2.99. The van der Waals surface area contributed by atoms with Crippen molar-refractivity contribution >= 4 is 19.8 Å². The summed E-state index contributed by atoms with van der Waals surface area (Å²) in [5, 5.41) is 0. The Hall–Kier alpha value is -0.990. The van der Waals surface area contributed by atoms with E-state index in [1.54, 1.807) is 0 Å². The Kier molecular flexibility index (Phi) is 29.4. The van der Waals surface area contributed by atoms with Crippen molar-refractivity contribution < 1.29 is 42.1 Å². The van der Waals surface area contributed by atoms with Crippen LogP contribution < -0.4 is 4.89 Å². The maximum absolute atomic E-state index is 12.5. The Morgan fingerprint density at radius 1 is 0.587 bits per heavy atom. The van der Waals surface area contributed by atoms with Gasteiger partial charge in [0, 0.05) is 12.8 Å². The van der Waals surface area contributed by atoms with Crippen LogP contribution in [-0.4, -0.2) is 70.0 Å². The fourth-order valence-corrected chi connectivity index (χ4v) is 5.85. The summed E-state index contributed by atoms with van der Waals surface area (Å²) in [6.07, 6.45) is 26.2. The highest BCUT2D eigenvalue weighted by molar-refractivity contribution is 7.45. The molecule has 1 unspecified atom stereocenters. The van der Waals surface area contributed by atoms with Gasteiger partial charge in [-0.05, 0) is 12.8 Å². The number of carbonyl (C=O) groups excluding carboxylic acids is 2.